The van der Waals surface area contributed by atoms with Crippen LogP contribution in [0.5, 0.6) is 0 Å². The zero-order valence-corrected chi connectivity index (χ0v) is 16.4. The number of benzene rings is 2. The molecule has 1 amide bonds. The summed E-state index contributed by atoms with van der Waals surface area (Å²) in [4.78, 5) is 14.2. The minimum absolute atomic E-state index is 0.00494. The van der Waals surface area contributed by atoms with E-state index in [1.165, 1.54) is 23.9 Å². The predicted octanol–water partition coefficient (Wildman–Crippen LogP) is 4.02. The highest BCUT2D eigenvalue weighted by Crippen LogP contribution is 2.24. The maximum absolute atomic E-state index is 13.2. The minimum Gasteiger partial charge on any atom is -0.341 e. The van der Waals surface area contributed by atoms with Crippen LogP contribution in [0.2, 0.25) is 0 Å². The molecule has 3 rings (SSSR count). The third-order valence-electron chi connectivity index (χ3n) is 4.14. The molecule has 0 radical (unpaired) electrons. The van der Waals surface area contributed by atoms with Crippen molar-refractivity contribution in [1.82, 2.24) is 19.7 Å². The quantitative estimate of drug-likeness (QED) is 0.426. The average Bonchev–Trinajstić information content (AvgIpc) is 3.10. The SMILES string of the molecule is C=CCn1c(SCC(=O)N(C)Cc2ccccc2)nnc1-c1ccc(F)cc1. The fourth-order valence-corrected chi connectivity index (χ4v) is 3.57. The van der Waals surface area contributed by atoms with Crippen molar-refractivity contribution in [1.29, 1.82) is 0 Å². The van der Waals surface area contributed by atoms with Crippen molar-refractivity contribution in [3.63, 3.8) is 0 Å². The Balaban J connectivity index is 1.69. The molecule has 0 aliphatic carbocycles. The van der Waals surface area contributed by atoms with Crippen LogP contribution < -0.4 is 0 Å². The van der Waals surface area contributed by atoms with E-state index in [0.717, 1.165) is 11.1 Å². The number of amides is 1. The average molecular weight is 396 g/mol. The summed E-state index contributed by atoms with van der Waals surface area (Å²) in [6.45, 7) is 4.83. The molecule has 0 unspecified atom stereocenters. The molecule has 3 aromatic rings. The maximum atomic E-state index is 13.2. The van der Waals surface area contributed by atoms with E-state index < -0.39 is 0 Å². The third kappa shape index (κ3) is 4.86. The standard InChI is InChI=1S/C21H21FN4OS/c1-3-13-26-20(17-9-11-18(22)12-10-17)23-24-21(26)28-15-19(27)25(2)14-16-7-5-4-6-8-16/h3-12H,1,13-15H2,2H3. The highest BCUT2D eigenvalue weighted by Gasteiger charge is 2.16. The Morgan fingerprint density at radius 1 is 1.18 bits per heavy atom. The lowest BCUT2D eigenvalue weighted by Crippen LogP contribution is -2.27. The molecule has 7 heteroatoms. The number of allylic oxidation sites excluding steroid dienone is 1. The number of rotatable bonds is 8. The lowest BCUT2D eigenvalue weighted by molar-refractivity contribution is -0.127. The van der Waals surface area contributed by atoms with Crippen molar-refractivity contribution in [3.05, 3.63) is 78.6 Å². The molecule has 0 aliphatic rings. The Bertz CT molecular complexity index is 941. The molecule has 0 bridgehead atoms. The Hall–Kier alpha value is -2.93. The zero-order chi connectivity index (χ0) is 19.9. The van der Waals surface area contributed by atoms with Gasteiger partial charge in [-0.1, -0.05) is 48.2 Å². The molecule has 144 valence electrons. The van der Waals surface area contributed by atoms with E-state index in [-0.39, 0.29) is 17.5 Å². The fraction of sp³-hybridized carbons (Fsp3) is 0.190. The lowest BCUT2D eigenvalue weighted by atomic mass is 10.2. The van der Waals surface area contributed by atoms with E-state index in [0.29, 0.717) is 24.1 Å². The van der Waals surface area contributed by atoms with Crippen LogP contribution in [0.1, 0.15) is 5.56 Å². The number of hydrogen-bond donors (Lipinski definition) is 0. The molecule has 28 heavy (non-hydrogen) atoms. The highest BCUT2D eigenvalue weighted by atomic mass is 32.2. The topological polar surface area (TPSA) is 51.0 Å². The van der Waals surface area contributed by atoms with Gasteiger partial charge in [0.25, 0.3) is 0 Å². The minimum atomic E-state index is -0.305. The molecule has 0 saturated carbocycles. The van der Waals surface area contributed by atoms with Gasteiger partial charge in [-0.15, -0.1) is 16.8 Å². The van der Waals surface area contributed by atoms with Gasteiger partial charge in [-0.05, 0) is 29.8 Å². The van der Waals surface area contributed by atoms with Gasteiger partial charge in [0.1, 0.15) is 5.82 Å². The van der Waals surface area contributed by atoms with Crippen LogP contribution in [0.4, 0.5) is 4.39 Å². The van der Waals surface area contributed by atoms with Crippen molar-refractivity contribution in [3.8, 4) is 11.4 Å². The normalized spacial score (nSPS) is 10.6. The number of nitrogens with zero attached hydrogens (tertiary/aromatic N) is 4. The molecular weight excluding hydrogens is 375 g/mol. The number of halogens is 1. The number of hydrogen-bond acceptors (Lipinski definition) is 4. The Morgan fingerprint density at radius 3 is 2.57 bits per heavy atom. The second-order valence-corrected chi connectivity index (χ2v) is 7.18. The molecule has 5 nitrogen and oxygen atoms in total. The van der Waals surface area contributed by atoms with Gasteiger partial charge in [0, 0.05) is 25.7 Å². The summed E-state index contributed by atoms with van der Waals surface area (Å²) in [5, 5.41) is 9.06. The predicted molar refractivity (Wildman–Crippen MR) is 109 cm³/mol. The Labute approximate surface area is 167 Å². The van der Waals surface area contributed by atoms with E-state index in [9.17, 15) is 9.18 Å². The van der Waals surface area contributed by atoms with E-state index in [1.807, 2.05) is 34.9 Å². The molecule has 1 heterocycles. The van der Waals surface area contributed by atoms with E-state index in [1.54, 1.807) is 30.2 Å². The van der Waals surface area contributed by atoms with E-state index >= 15 is 0 Å². The van der Waals surface area contributed by atoms with Crippen LogP contribution in [0.15, 0.2) is 72.4 Å². The van der Waals surface area contributed by atoms with Crippen LogP contribution in [0, 0.1) is 5.82 Å². The van der Waals surface area contributed by atoms with E-state index in [2.05, 4.69) is 16.8 Å². The maximum Gasteiger partial charge on any atom is 0.233 e. The number of aromatic nitrogens is 3. The summed E-state index contributed by atoms with van der Waals surface area (Å²) in [5.74, 6) is 0.570. The van der Waals surface area contributed by atoms with Gasteiger partial charge in [-0.2, -0.15) is 0 Å². The molecule has 0 fully saturated rings. The summed E-state index contributed by atoms with van der Waals surface area (Å²) in [6.07, 6.45) is 1.74. The fourth-order valence-electron chi connectivity index (χ4n) is 2.68. The lowest BCUT2D eigenvalue weighted by Gasteiger charge is -2.17. The van der Waals surface area contributed by atoms with Gasteiger partial charge in [-0.25, -0.2) is 4.39 Å². The smallest absolute Gasteiger partial charge is 0.233 e. The molecule has 0 N–H and O–H groups in total. The summed E-state index contributed by atoms with van der Waals surface area (Å²) in [5.41, 5.74) is 1.84. The van der Waals surface area contributed by atoms with Crippen molar-refractivity contribution >= 4 is 17.7 Å². The number of thioether (sulfide) groups is 1. The summed E-state index contributed by atoms with van der Waals surface area (Å²) in [6, 6.07) is 15.9. The second kappa shape index (κ2) is 9.32. The molecule has 0 atom stereocenters. The number of carbonyl (C=O) groups excluding carboxylic acids is 1. The van der Waals surface area contributed by atoms with Gasteiger partial charge in [0.2, 0.25) is 5.91 Å². The van der Waals surface area contributed by atoms with Crippen LogP contribution in [-0.2, 0) is 17.9 Å². The zero-order valence-electron chi connectivity index (χ0n) is 15.6. The molecule has 2 aromatic carbocycles. The van der Waals surface area contributed by atoms with Gasteiger partial charge < -0.3 is 4.90 Å². The van der Waals surface area contributed by atoms with Crippen LogP contribution in [0.3, 0.4) is 0 Å². The van der Waals surface area contributed by atoms with Crippen molar-refractivity contribution < 1.29 is 9.18 Å². The van der Waals surface area contributed by atoms with Crippen molar-refractivity contribution in [2.24, 2.45) is 0 Å². The van der Waals surface area contributed by atoms with Crippen LogP contribution in [0.25, 0.3) is 11.4 Å². The first-order valence-electron chi connectivity index (χ1n) is 8.79. The second-order valence-electron chi connectivity index (χ2n) is 6.24. The highest BCUT2D eigenvalue weighted by molar-refractivity contribution is 7.99. The first-order valence-corrected chi connectivity index (χ1v) is 9.77. The molecule has 0 saturated heterocycles. The molecular formula is C21H21FN4OS. The first kappa shape index (κ1) is 19.8. The first-order chi connectivity index (χ1) is 13.6. The van der Waals surface area contributed by atoms with Crippen molar-refractivity contribution in [2.45, 2.75) is 18.2 Å². The largest absolute Gasteiger partial charge is 0.341 e. The van der Waals surface area contributed by atoms with Crippen molar-refractivity contribution in [2.75, 3.05) is 12.8 Å². The monoisotopic (exact) mass is 396 g/mol. The molecule has 0 aliphatic heterocycles. The number of carbonyl (C=O) groups is 1. The van der Waals surface area contributed by atoms with E-state index in [4.69, 9.17) is 0 Å². The van der Waals surface area contributed by atoms with Gasteiger partial charge in [-0.3, -0.25) is 9.36 Å². The third-order valence-corrected chi connectivity index (χ3v) is 5.10. The summed E-state index contributed by atoms with van der Waals surface area (Å²) < 4.78 is 15.1. The van der Waals surface area contributed by atoms with Crippen LogP contribution in [-0.4, -0.2) is 38.4 Å². The molecule has 1 aromatic heterocycles. The van der Waals surface area contributed by atoms with Crippen LogP contribution >= 0.6 is 11.8 Å². The van der Waals surface area contributed by atoms with Gasteiger partial charge >= 0.3 is 0 Å². The summed E-state index contributed by atoms with van der Waals surface area (Å²) >= 11 is 1.33. The Kier molecular flexibility index (Phi) is 6.60. The molecule has 0 spiro atoms. The van der Waals surface area contributed by atoms with Gasteiger partial charge in [0.05, 0.1) is 5.75 Å². The summed E-state index contributed by atoms with van der Waals surface area (Å²) in [7, 11) is 1.79. The Morgan fingerprint density at radius 2 is 1.89 bits per heavy atom. The van der Waals surface area contributed by atoms with Gasteiger partial charge in [0.15, 0.2) is 11.0 Å².